The van der Waals surface area contributed by atoms with Crippen molar-refractivity contribution in [3.63, 3.8) is 0 Å². The van der Waals surface area contributed by atoms with E-state index in [1.165, 1.54) is 17.0 Å². The molecule has 18 heavy (non-hydrogen) atoms. The Bertz CT molecular complexity index is 474. The Morgan fingerprint density at radius 3 is 2.78 bits per heavy atom. The molecule has 0 bridgehead atoms. The minimum Gasteiger partial charge on any atom is -0.409 e. The van der Waals surface area contributed by atoms with Crippen molar-refractivity contribution in [3.8, 4) is 0 Å². The van der Waals surface area contributed by atoms with Crippen LogP contribution >= 0.6 is 0 Å². The maximum absolute atomic E-state index is 13.1. The monoisotopic (exact) mass is 253 g/mol. The Labute approximate surface area is 105 Å². The van der Waals surface area contributed by atoms with Crippen molar-refractivity contribution in [2.75, 3.05) is 13.1 Å². The van der Waals surface area contributed by atoms with E-state index in [-0.39, 0.29) is 23.9 Å². The van der Waals surface area contributed by atoms with Gasteiger partial charge in [0.2, 0.25) is 0 Å². The summed E-state index contributed by atoms with van der Waals surface area (Å²) in [6.45, 7) is 3.87. The maximum atomic E-state index is 13.1. The van der Waals surface area contributed by atoms with Crippen LogP contribution < -0.4 is 5.73 Å². The Morgan fingerprint density at radius 2 is 2.22 bits per heavy atom. The number of nitrogens with zero attached hydrogens (tertiary/aromatic N) is 2. The summed E-state index contributed by atoms with van der Waals surface area (Å²) in [7, 11) is 0. The van der Waals surface area contributed by atoms with E-state index in [2.05, 4.69) is 5.16 Å². The number of rotatable bonds is 4. The van der Waals surface area contributed by atoms with Crippen LogP contribution in [0.4, 0.5) is 4.39 Å². The predicted octanol–water partition coefficient (Wildman–Crippen LogP) is 1.34. The molecular weight excluding hydrogens is 237 g/mol. The summed E-state index contributed by atoms with van der Waals surface area (Å²) in [6, 6.07) is 4.03. The first-order valence-electron chi connectivity index (χ1n) is 5.51. The molecule has 3 N–H and O–H groups in total. The maximum Gasteiger partial charge on any atom is 0.254 e. The second-order valence-electron chi connectivity index (χ2n) is 3.87. The van der Waals surface area contributed by atoms with Gasteiger partial charge in [0.25, 0.3) is 5.91 Å². The lowest BCUT2D eigenvalue weighted by molar-refractivity contribution is 0.0785. The van der Waals surface area contributed by atoms with Crippen molar-refractivity contribution in [1.82, 2.24) is 4.90 Å². The first-order valence-corrected chi connectivity index (χ1v) is 5.51. The number of benzene rings is 1. The molecule has 0 aliphatic heterocycles. The van der Waals surface area contributed by atoms with Gasteiger partial charge in [-0.1, -0.05) is 11.2 Å². The van der Waals surface area contributed by atoms with E-state index in [1.54, 1.807) is 19.9 Å². The predicted molar refractivity (Wildman–Crippen MR) is 66.1 cm³/mol. The van der Waals surface area contributed by atoms with Crippen LogP contribution in [0.3, 0.4) is 0 Å². The molecule has 0 heterocycles. The lowest BCUT2D eigenvalue weighted by Gasteiger charge is -2.21. The minimum absolute atomic E-state index is 0.00177. The van der Waals surface area contributed by atoms with E-state index in [1.807, 2.05) is 0 Å². The van der Waals surface area contributed by atoms with Gasteiger partial charge in [0.15, 0.2) is 5.84 Å². The topological polar surface area (TPSA) is 78.9 Å². The second-order valence-corrected chi connectivity index (χ2v) is 3.87. The number of hydrogen-bond donors (Lipinski definition) is 2. The summed E-state index contributed by atoms with van der Waals surface area (Å²) in [5, 5.41) is 11.3. The lowest BCUT2D eigenvalue weighted by atomic mass is 10.1. The molecular formula is C12H16FN3O2. The Hall–Kier alpha value is -2.11. The number of oxime groups is 1. The second kappa shape index (κ2) is 6.00. The highest BCUT2D eigenvalue weighted by Crippen LogP contribution is 2.13. The number of hydrogen-bond acceptors (Lipinski definition) is 3. The molecule has 0 saturated carbocycles. The van der Waals surface area contributed by atoms with Crippen LogP contribution in [0.25, 0.3) is 0 Å². The summed E-state index contributed by atoms with van der Waals surface area (Å²) in [4.78, 5) is 13.5. The number of amides is 1. The van der Waals surface area contributed by atoms with Crippen LogP contribution in [0.1, 0.15) is 22.8 Å². The third kappa shape index (κ3) is 3.19. The first-order chi connectivity index (χ1) is 8.49. The van der Waals surface area contributed by atoms with Crippen molar-refractivity contribution < 1.29 is 14.4 Å². The molecule has 1 rings (SSSR count). The summed E-state index contributed by atoms with van der Waals surface area (Å²) >= 11 is 0. The number of halogens is 1. The van der Waals surface area contributed by atoms with Gasteiger partial charge in [-0.2, -0.15) is 0 Å². The van der Waals surface area contributed by atoms with Gasteiger partial charge in [0.1, 0.15) is 5.82 Å². The molecule has 0 aliphatic rings. The van der Waals surface area contributed by atoms with Gasteiger partial charge in [0.05, 0.1) is 6.54 Å². The van der Waals surface area contributed by atoms with Crippen LogP contribution in [0, 0.1) is 12.7 Å². The highest BCUT2D eigenvalue weighted by atomic mass is 19.1. The van der Waals surface area contributed by atoms with Crippen LogP contribution in [0.5, 0.6) is 0 Å². The van der Waals surface area contributed by atoms with Gasteiger partial charge in [-0.3, -0.25) is 4.79 Å². The zero-order valence-corrected chi connectivity index (χ0v) is 10.4. The molecule has 5 nitrogen and oxygen atoms in total. The molecule has 0 radical (unpaired) electrons. The molecule has 98 valence electrons. The molecule has 6 heteroatoms. The fourth-order valence-corrected chi connectivity index (χ4v) is 1.55. The molecule has 0 fully saturated rings. The summed E-state index contributed by atoms with van der Waals surface area (Å²) in [5.74, 6) is -0.885. The van der Waals surface area contributed by atoms with Gasteiger partial charge in [0, 0.05) is 12.1 Å². The summed E-state index contributed by atoms with van der Waals surface area (Å²) in [5.41, 5.74) is 6.33. The summed E-state index contributed by atoms with van der Waals surface area (Å²) < 4.78 is 13.1. The number of amidine groups is 1. The van der Waals surface area contributed by atoms with E-state index in [4.69, 9.17) is 10.9 Å². The third-order valence-corrected chi connectivity index (χ3v) is 2.58. The normalized spacial score (nSPS) is 11.4. The van der Waals surface area contributed by atoms with E-state index < -0.39 is 5.82 Å². The number of carbonyl (C=O) groups excluding carboxylic acids is 1. The summed E-state index contributed by atoms with van der Waals surface area (Å²) in [6.07, 6.45) is 0. The third-order valence-electron chi connectivity index (χ3n) is 2.58. The smallest absolute Gasteiger partial charge is 0.254 e. The minimum atomic E-state index is -0.469. The molecule has 0 saturated heterocycles. The Balaban J connectivity index is 3.00. The van der Waals surface area contributed by atoms with Crippen LogP contribution in [-0.4, -0.2) is 34.9 Å². The van der Waals surface area contributed by atoms with Crippen LogP contribution in [0.15, 0.2) is 23.4 Å². The zero-order valence-electron chi connectivity index (χ0n) is 10.4. The van der Waals surface area contributed by atoms with Gasteiger partial charge in [-0.15, -0.1) is 0 Å². The van der Waals surface area contributed by atoms with E-state index in [9.17, 15) is 9.18 Å². The van der Waals surface area contributed by atoms with Crippen molar-refractivity contribution in [1.29, 1.82) is 0 Å². The Morgan fingerprint density at radius 1 is 1.56 bits per heavy atom. The van der Waals surface area contributed by atoms with Gasteiger partial charge in [-0.05, 0) is 31.5 Å². The number of likely N-dealkylation sites (N-methyl/N-ethyl adjacent to an activating group) is 1. The van der Waals surface area contributed by atoms with Gasteiger partial charge < -0.3 is 15.8 Å². The van der Waals surface area contributed by atoms with E-state index in [0.29, 0.717) is 12.1 Å². The molecule has 0 atom stereocenters. The molecule has 1 aromatic carbocycles. The molecule has 0 spiro atoms. The standard InChI is InChI=1S/C12H16FN3O2/c1-3-16(7-11(14)15-18)12(17)10-6-9(13)5-4-8(10)2/h4-6,18H,3,7H2,1-2H3,(H2,14,15). The average molecular weight is 253 g/mol. The average Bonchev–Trinajstić information content (AvgIpc) is 2.37. The molecule has 0 unspecified atom stereocenters. The molecule has 1 aromatic rings. The van der Waals surface area contributed by atoms with Crippen molar-refractivity contribution in [3.05, 3.63) is 35.1 Å². The fourth-order valence-electron chi connectivity index (χ4n) is 1.55. The van der Waals surface area contributed by atoms with Crippen LogP contribution in [-0.2, 0) is 0 Å². The SMILES string of the molecule is CCN(C/C(N)=N/O)C(=O)c1cc(F)ccc1C. The number of carbonyl (C=O) groups is 1. The highest BCUT2D eigenvalue weighted by molar-refractivity contribution is 5.98. The number of aryl methyl sites for hydroxylation is 1. The quantitative estimate of drug-likeness (QED) is 0.368. The first kappa shape index (κ1) is 14.0. The van der Waals surface area contributed by atoms with E-state index in [0.717, 1.165) is 0 Å². The number of nitrogens with two attached hydrogens (primary N) is 1. The molecule has 0 aromatic heterocycles. The Kier molecular flexibility index (Phi) is 4.65. The van der Waals surface area contributed by atoms with Crippen molar-refractivity contribution in [2.24, 2.45) is 10.9 Å². The molecule has 0 aliphatic carbocycles. The highest BCUT2D eigenvalue weighted by Gasteiger charge is 2.17. The lowest BCUT2D eigenvalue weighted by Crippen LogP contribution is -2.38. The van der Waals surface area contributed by atoms with Gasteiger partial charge >= 0.3 is 0 Å². The fraction of sp³-hybridized carbons (Fsp3) is 0.333. The zero-order chi connectivity index (χ0) is 13.7. The van der Waals surface area contributed by atoms with E-state index >= 15 is 0 Å². The largest absolute Gasteiger partial charge is 0.409 e. The van der Waals surface area contributed by atoms with Crippen molar-refractivity contribution >= 4 is 11.7 Å². The van der Waals surface area contributed by atoms with Crippen molar-refractivity contribution in [2.45, 2.75) is 13.8 Å². The molecule has 1 amide bonds. The van der Waals surface area contributed by atoms with Crippen LogP contribution in [0.2, 0.25) is 0 Å². The van der Waals surface area contributed by atoms with Gasteiger partial charge in [-0.25, -0.2) is 4.39 Å².